The van der Waals surface area contributed by atoms with Crippen molar-refractivity contribution in [2.75, 3.05) is 6.54 Å². The molecule has 1 atom stereocenters. The molecule has 2 rings (SSSR count). The second-order valence-corrected chi connectivity index (χ2v) is 6.08. The Hall–Kier alpha value is -1.02. The molecule has 0 saturated carbocycles. The normalized spacial score (nSPS) is 12.4. The highest BCUT2D eigenvalue weighted by molar-refractivity contribution is 6.36. The first-order chi connectivity index (χ1) is 10.1. The predicted octanol–water partition coefficient (Wildman–Crippen LogP) is 5.59. The van der Waals surface area contributed by atoms with E-state index in [1.54, 1.807) is 0 Å². The molecule has 0 spiro atoms. The molecule has 0 fully saturated rings. The molecule has 0 saturated heterocycles. The van der Waals surface area contributed by atoms with Crippen LogP contribution in [0.2, 0.25) is 10.0 Å². The minimum Gasteiger partial charge on any atom is -0.310 e. The van der Waals surface area contributed by atoms with Crippen LogP contribution in [0.25, 0.3) is 0 Å². The Bertz CT molecular complexity index is 575. The van der Waals surface area contributed by atoms with Crippen molar-refractivity contribution in [1.82, 2.24) is 5.32 Å². The lowest BCUT2D eigenvalue weighted by Crippen LogP contribution is -2.25. The third-order valence-electron chi connectivity index (χ3n) is 3.67. The Labute approximate surface area is 137 Å². The summed E-state index contributed by atoms with van der Waals surface area (Å²) in [6.07, 6.45) is 1.89. The van der Waals surface area contributed by atoms with Gasteiger partial charge < -0.3 is 5.32 Å². The number of hydrogen-bond acceptors (Lipinski definition) is 1. The first kappa shape index (κ1) is 16.4. The molecular formula is C18H21Cl2N. The van der Waals surface area contributed by atoms with E-state index < -0.39 is 0 Å². The van der Waals surface area contributed by atoms with Crippen molar-refractivity contribution < 1.29 is 0 Å². The van der Waals surface area contributed by atoms with E-state index in [-0.39, 0.29) is 6.04 Å². The van der Waals surface area contributed by atoms with Gasteiger partial charge in [0.2, 0.25) is 0 Å². The number of nitrogens with one attached hydrogen (secondary N) is 1. The van der Waals surface area contributed by atoms with E-state index in [9.17, 15) is 0 Å². The third-order valence-corrected chi connectivity index (χ3v) is 4.38. The average molecular weight is 322 g/mol. The quantitative estimate of drug-likeness (QED) is 0.731. The summed E-state index contributed by atoms with van der Waals surface area (Å²) in [5.74, 6) is 0. The van der Waals surface area contributed by atoms with Crippen LogP contribution < -0.4 is 5.32 Å². The average Bonchev–Trinajstić information content (AvgIpc) is 2.47. The second kappa shape index (κ2) is 7.84. The minimum atomic E-state index is 0.226. The van der Waals surface area contributed by atoms with Crippen molar-refractivity contribution in [3.05, 3.63) is 69.2 Å². The molecule has 1 nitrogen and oxygen atoms in total. The monoisotopic (exact) mass is 321 g/mol. The van der Waals surface area contributed by atoms with Crippen LogP contribution in [0.5, 0.6) is 0 Å². The van der Waals surface area contributed by atoms with Crippen molar-refractivity contribution in [2.24, 2.45) is 0 Å². The van der Waals surface area contributed by atoms with E-state index in [2.05, 4.69) is 43.4 Å². The van der Waals surface area contributed by atoms with Crippen LogP contribution in [0.15, 0.2) is 42.5 Å². The molecule has 2 aromatic carbocycles. The summed E-state index contributed by atoms with van der Waals surface area (Å²) < 4.78 is 0. The smallest absolute Gasteiger partial charge is 0.0453 e. The van der Waals surface area contributed by atoms with Gasteiger partial charge in [-0.2, -0.15) is 0 Å². The van der Waals surface area contributed by atoms with E-state index >= 15 is 0 Å². The fourth-order valence-electron chi connectivity index (χ4n) is 2.52. The van der Waals surface area contributed by atoms with Crippen LogP contribution in [0.3, 0.4) is 0 Å². The van der Waals surface area contributed by atoms with E-state index in [1.807, 2.05) is 18.2 Å². The van der Waals surface area contributed by atoms with Crippen molar-refractivity contribution in [1.29, 1.82) is 0 Å². The van der Waals surface area contributed by atoms with Crippen LogP contribution in [-0.4, -0.2) is 6.54 Å². The molecule has 0 heterocycles. The van der Waals surface area contributed by atoms with Gasteiger partial charge in [0, 0.05) is 16.1 Å². The molecule has 0 aliphatic carbocycles. The molecular weight excluding hydrogens is 301 g/mol. The topological polar surface area (TPSA) is 12.0 Å². The molecule has 0 aliphatic rings. The van der Waals surface area contributed by atoms with Gasteiger partial charge in [-0.3, -0.25) is 0 Å². The Morgan fingerprint density at radius 1 is 1.00 bits per heavy atom. The first-order valence-corrected chi connectivity index (χ1v) is 8.11. The van der Waals surface area contributed by atoms with Crippen LogP contribution in [0.4, 0.5) is 0 Å². The standard InChI is InChI=1S/C18H21Cl2N/c1-3-11-21-18(14-8-5-4-7-13(14)2)12-15-16(19)9-6-10-17(15)20/h4-10,18,21H,3,11-12H2,1-2H3. The van der Waals surface area contributed by atoms with E-state index in [4.69, 9.17) is 23.2 Å². The highest BCUT2D eigenvalue weighted by Crippen LogP contribution is 2.30. The SMILES string of the molecule is CCCNC(Cc1c(Cl)cccc1Cl)c1ccccc1C. The molecule has 0 aromatic heterocycles. The fraction of sp³-hybridized carbons (Fsp3) is 0.333. The van der Waals surface area contributed by atoms with Gasteiger partial charge in [-0.25, -0.2) is 0 Å². The zero-order chi connectivity index (χ0) is 15.2. The molecule has 0 radical (unpaired) electrons. The lowest BCUT2D eigenvalue weighted by molar-refractivity contribution is 0.527. The molecule has 0 aliphatic heterocycles. The van der Waals surface area contributed by atoms with Crippen LogP contribution in [0.1, 0.15) is 36.1 Å². The number of aryl methyl sites for hydroxylation is 1. The van der Waals surface area contributed by atoms with Crippen molar-refractivity contribution in [3.8, 4) is 0 Å². The van der Waals surface area contributed by atoms with Gasteiger partial charge in [0.25, 0.3) is 0 Å². The van der Waals surface area contributed by atoms with Crippen LogP contribution >= 0.6 is 23.2 Å². The molecule has 21 heavy (non-hydrogen) atoms. The molecule has 1 N–H and O–H groups in total. The summed E-state index contributed by atoms with van der Waals surface area (Å²) in [6.45, 7) is 5.29. The summed E-state index contributed by atoms with van der Waals surface area (Å²) in [4.78, 5) is 0. The summed E-state index contributed by atoms with van der Waals surface area (Å²) in [5.41, 5.74) is 3.61. The number of benzene rings is 2. The number of rotatable bonds is 6. The Morgan fingerprint density at radius 2 is 1.67 bits per heavy atom. The first-order valence-electron chi connectivity index (χ1n) is 7.35. The van der Waals surface area contributed by atoms with Gasteiger partial charge in [0.1, 0.15) is 0 Å². The molecule has 2 aromatic rings. The molecule has 1 unspecified atom stereocenters. The largest absolute Gasteiger partial charge is 0.310 e. The maximum Gasteiger partial charge on any atom is 0.0453 e. The lowest BCUT2D eigenvalue weighted by atomic mass is 9.95. The Morgan fingerprint density at radius 3 is 2.29 bits per heavy atom. The van der Waals surface area contributed by atoms with Crippen molar-refractivity contribution in [3.63, 3.8) is 0 Å². The minimum absolute atomic E-state index is 0.226. The van der Waals surface area contributed by atoms with Gasteiger partial charge in [-0.1, -0.05) is 60.5 Å². The van der Waals surface area contributed by atoms with Gasteiger partial charge >= 0.3 is 0 Å². The Balaban J connectivity index is 2.31. The lowest BCUT2D eigenvalue weighted by Gasteiger charge is -2.22. The maximum atomic E-state index is 6.32. The molecule has 0 amide bonds. The zero-order valence-corrected chi connectivity index (χ0v) is 14.0. The number of hydrogen-bond donors (Lipinski definition) is 1. The van der Waals surface area contributed by atoms with Gasteiger partial charge in [0.15, 0.2) is 0 Å². The summed E-state index contributed by atoms with van der Waals surface area (Å²) in [7, 11) is 0. The van der Waals surface area contributed by atoms with E-state index in [1.165, 1.54) is 11.1 Å². The third kappa shape index (κ3) is 4.23. The zero-order valence-electron chi connectivity index (χ0n) is 12.5. The molecule has 112 valence electrons. The van der Waals surface area contributed by atoms with Gasteiger partial charge in [-0.05, 0) is 55.1 Å². The van der Waals surface area contributed by atoms with Crippen LogP contribution in [0, 0.1) is 6.92 Å². The second-order valence-electron chi connectivity index (χ2n) is 5.27. The summed E-state index contributed by atoms with van der Waals surface area (Å²) in [5, 5.41) is 5.08. The van der Waals surface area contributed by atoms with Crippen LogP contribution in [-0.2, 0) is 6.42 Å². The van der Waals surface area contributed by atoms with E-state index in [0.717, 1.165) is 35.0 Å². The van der Waals surface area contributed by atoms with Gasteiger partial charge in [-0.15, -0.1) is 0 Å². The predicted molar refractivity (Wildman–Crippen MR) is 92.4 cm³/mol. The number of halogens is 2. The van der Waals surface area contributed by atoms with E-state index in [0.29, 0.717) is 0 Å². The van der Waals surface area contributed by atoms with Crippen molar-refractivity contribution >= 4 is 23.2 Å². The highest BCUT2D eigenvalue weighted by atomic mass is 35.5. The summed E-state index contributed by atoms with van der Waals surface area (Å²) >= 11 is 12.6. The maximum absolute atomic E-state index is 6.32. The van der Waals surface area contributed by atoms with Gasteiger partial charge in [0.05, 0.1) is 0 Å². The summed E-state index contributed by atoms with van der Waals surface area (Å²) in [6, 6.07) is 14.4. The fourth-order valence-corrected chi connectivity index (χ4v) is 3.07. The Kier molecular flexibility index (Phi) is 6.10. The molecule has 3 heteroatoms. The highest BCUT2D eigenvalue weighted by Gasteiger charge is 2.16. The molecule has 0 bridgehead atoms. The van der Waals surface area contributed by atoms with Crippen molar-refractivity contribution in [2.45, 2.75) is 32.7 Å².